The standard InChI is InChI=1S/C30H29NO3/c32-20-21-15-17-31(18-16-21)26-12-9-23(10-13-26)29-27(22-5-2-1-3-6-22)8-4-7-24-19-25(30(33)34)11-14-28(24)29/h1-3,5-6,9-14,19-21H,4,7-8,15-18H2,(H,33,34). The van der Waals surface area contributed by atoms with Gasteiger partial charge >= 0.3 is 5.97 Å². The number of fused-ring (bicyclic) bond motifs is 1. The topological polar surface area (TPSA) is 57.6 Å². The maximum Gasteiger partial charge on any atom is 0.335 e. The lowest BCUT2D eigenvalue weighted by atomic mass is 9.87. The van der Waals surface area contributed by atoms with Crippen LogP contribution in [0.1, 0.15) is 58.3 Å². The third-order valence-corrected chi connectivity index (χ3v) is 7.17. The molecule has 0 radical (unpaired) electrons. The summed E-state index contributed by atoms with van der Waals surface area (Å²) in [5.41, 5.74) is 8.62. The molecule has 4 heteroatoms. The number of benzene rings is 3. The fourth-order valence-corrected chi connectivity index (χ4v) is 5.31. The van der Waals surface area contributed by atoms with E-state index in [0.29, 0.717) is 5.56 Å². The van der Waals surface area contributed by atoms with Gasteiger partial charge in [-0.05, 0) is 89.8 Å². The molecule has 0 unspecified atom stereocenters. The van der Waals surface area contributed by atoms with Gasteiger partial charge in [-0.1, -0.05) is 48.5 Å². The van der Waals surface area contributed by atoms with Gasteiger partial charge in [0, 0.05) is 24.7 Å². The minimum absolute atomic E-state index is 0.187. The number of hydrogen-bond donors (Lipinski definition) is 1. The first-order chi connectivity index (χ1) is 16.6. The van der Waals surface area contributed by atoms with E-state index in [2.05, 4.69) is 53.4 Å². The van der Waals surface area contributed by atoms with E-state index in [1.807, 2.05) is 18.2 Å². The molecule has 1 fully saturated rings. The normalized spacial score (nSPS) is 16.6. The summed E-state index contributed by atoms with van der Waals surface area (Å²) in [6.45, 7) is 1.81. The lowest BCUT2D eigenvalue weighted by Gasteiger charge is -2.31. The number of carbonyl (C=O) groups excluding carboxylic acids is 1. The fourth-order valence-electron chi connectivity index (χ4n) is 5.31. The van der Waals surface area contributed by atoms with Crippen molar-refractivity contribution in [2.75, 3.05) is 18.0 Å². The summed E-state index contributed by atoms with van der Waals surface area (Å²) in [7, 11) is 0. The second-order valence-corrected chi connectivity index (χ2v) is 9.26. The van der Waals surface area contributed by atoms with Gasteiger partial charge in [0.2, 0.25) is 0 Å². The van der Waals surface area contributed by atoms with Gasteiger partial charge in [-0.2, -0.15) is 0 Å². The Morgan fingerprint density at radius 3 is 2.29 bits per heavy atom. The largest absolute Gasteiger partial charge is 0.478 e. The predicted molar refractivity (Wildman–Crippen MR) is 136 cm³/mol. The molecule has 4 nitrogen and oxygen atoms in total. The predicted octanol–water partition coefficient (Wildman–Crippen LogP) is 6.10. The third kappa shape index (κ3) is 4.41. The highest BCUT2D eigenvalue weighted by molar-refractivity contribution is 6.00. The van der Waals surface area contributed by atoms with Crippen molar-refractivity contribution in [2.45, 2.75) is 32.1 Å². The summed E-state index contributed by atoms with van der Waals surface area (Å²) in [5.74, 6) is -0.698. The van der Waals surface area contributed by atoms with Crippen LogP contribution in [0.4, 0.5) is 5.69 Å². The molecule has 3 aromatic rings. The van der Waals surface area contributed by atoms with E-state index in [9.17, 15) is 14.7 Å². The summed E-state index contributed by atoms with van der Waals surface area (Å²) >= 11 is 0. The molecule has 0 saturated carbocycles. The van der Waals surface area contributed by atoms with E-state index in [4.69, 9.17) is 0 Å². The molecule has 2 aliphatic rings. The van der Waals surface area contributed by atoms with Crippen molar-refractivity contribution >= 4 is 29.1 Å². The van der Waals surface area contributed by atoms with Crippen molar-refractivity contribution in [2.24, 2.45) is 5.92 Å². The van der Waals surface area contributed by atoms with E-state index >= 15 is 0 Å². The van der Waals surface area contributed by atoms with Crippen molar-refractivity contribution in [3.8, 4) is 0 Å². The number of carboxylic acids is 1. The average molecular weight is 452 g/mol. The number of piperidine rings is 1. The van der Waals surface area contributed by atoms with Crippen LogP contribution in [0.2, 0.25) is 0 Å². The first-order valence-electron chi connectivity index (χ1n) is 12.1. The average Bonchev–Trinajstić information content (AvgIpc) is 3.08. The van der Waals surface area contributed by atoms with E-state index in [1.165, 1.54) is 22.4 Å². The molecule has 0 aromatic heterocycles. The number of allylic oxidation sites excluding steroid dienone is 1. The van der Waals surface area contributed by atoms with Crippen molar-refractivity contribution in [3.63, 3.8) is 0 Å². The summed E-state index contributed by atoms with van der Waals surface area (Å²) in [4.78, 5) is 25.1. The number of rotatable bonds is 5. The van der Waals surface area contributed by atoms with Gasteiger partial charge in [0.1, 0.15) is 6.29 Å². The molecule has 172 valence electrons. The molecule has 34 heavy (non-hydrogen) atoms. The van der Waals surface area contributed by atoms with Gasteiger partial charge in [0.25, 0.3) is 0 Å². The van der Waals surface area contributed by atoms with Crippen molar-refractivity contribution in [3.05, 3.63) is 101 Å². The Kier molecular flexibility index (Phi) is 6.31. The molecule has 1 aliphatic carbocycles. The van der Waals surface area contributed by atoms with Crippen LogP contribution < -0.4 is 4.90 Å². The van der Waals surface area contributed by atoms with Crippen LogP contribution >= 0.6 is 0 Å². The third-order valence-electron chi connectivity index (χ3n) is 7.17. The highest BCUT2D eigenvalue weighted by Gasteiger charge is 2.22. The minimum Gasteiger partial charge on any atom is -0.478 e. The quantitative estimate of drug-likeness (QED) is 0.477. The Morgan fingerprint density at radius 1 is 0.882 bits per heavy atom. The van der Waals surface area contributed by atoms with Gasteiger partial charge in [0.15, 0.2) is 0 Å². The SMILES string of the molecule is O=CC1CCN(c2ccc(C3=C(c4ccccc4)CCCc4cc(C(=O)O)ccc43)cc2)CC1. The maximum absolute atomic E-state index is 11.6. The number of aromatic carboxylic acids is 1. The summed E-state index contributed by atoms with van der Waals surface area (Å²) in [5, 5.41) is 9.52. The van der Waals surface area contributed by atoms with Gasteiger partial charge in [-0.15, -0.1) is 0 Å². The van der Waals surface area contributed by atoms with Crippen LogP contribution in [0.5, 0.6) is 0 Å². The van der Waals surface area contributed by atoms with Crippen LogP contribution in [-0.2, 0) is 11.2 Å². The number of hydrogen-bond acceptors (Lipinski definition) is 3. The smallest absolute Gasteiger partial charge is 0.335 e. The van der Waals surface area contributed by atoms with Gasteiger partial charge in [-0.3, -0.25) is 0 Å². The second-order valence-electron chi connectivity index (χ2n) is 9.26. The number of carbonyl (C=O) groups is 2. The lowest BCUT2D eigenvalue weighted by Crippen LogP contribution is -2.34. The first kappa shape index (κ1) is 22.1. The number of aldehydes is 1. The Hall–Kier alpha value is -3.66. The Balaban J connectivity index is 1.58. The van der Waals surface area contributed by atoms with Crippen molar-refractivity contribution in [1.29, 1.82) is 0 Å². The molecule has 1 heterocycles. The van der Waals surface area contributed by atoms with E-state index in [0.717, 1.165) is 68.2 Å². The monoisotopic (exact) mass is 451 g/mol. The lowest BCUT2D eigenvalue weighted by molar-refractivity contribution is -0.111. The number of anilines is 1. The summed E-state index contributed by atoms with van der Waals surface area (Å²) < 4.78 is 0. The molecular formula is C30H29NO3. The maximum atomic E-state index is 11.6. The molecule has 5 rings (SSSR count). The summed E-state index contributed by atoms with van der Waals surface area (Å²) in [6, 6.07) is 24.8. The molecule has 1 N–H and O–H groups in total. The molecule has 3 aromatic carbocycles. The van der Waals surface area contributed by atoms with Crippen LogP contribution in [0.15, 0.2) is 72.8 Å². The molecule has 1 saturated heterocycles. The Morgan fingerprint density at radius 2 is 1.62 bits per heavy atom. The highest BCUT2D eigenvalue weighted by Crippen LogP contribution is 2.40. The van der Waals surface area contributed by atoms with Crippen LogP contribution in [0.25, 0.3) is 11.1 Å². The first-order valence-corrected chi connectivity index (χ1v) is 12.1. The summed E-state index contributed by atoms with van der Waals surface area (Å²) in [6.07, 6.45) is 5.70. The molecule has 0 atom stereocenters. The van der Waals surface area contributed by atoms with Gasteiger partial charge < -0.3 is 14.8 Å². The van der Waals surface area contributed by atoms with E-state index < -0.39 is 5.97 Å². The zero-order valence-corrected chi connectivity index (χ0v) is 19.2. The highest BCUT2D eigenvalue weighted by atomic mass is 16.4. The molecule has 1 aliphatic heterocycles. The van der Waals surface area contributed by atoms with Gasteiger partial charge in [0.05, 0.1) is 5.56 Å². The molecular weight excluding hydrogens is 422 g/mol. The molecule has 0 amide bonds. The van der Waals surface area contributed by atoms with Crippen LogP contribution in [0, 0.1) is 5.92 Å². The van der Waals surface area contributed by atoms with E-state index in [-0.39, 0.29) is 5.92 Å². The Bertz CT molecular complexity index is 1220. The Labute approximate surface area is 200 Å². The van der Waals surface area contributed by atoms with Crippen molar-refractivity contribution in [1.82, 2.24) is 0 Å². The molecule has 0 spiro atoms. The van der Waals surface area contributed by atoms with E-state index in [1.54, 1.807) is 6.07 Å². The van der Waals surface area contributed by atoms with Gasteiger partial charge in [-0.25, -0.2) is 4.79 Å². The van der Waals surface area contributed by atoms with Crippen LogP contribution in [0.3, 0.4) is 0 Å². The van der Waals surface area contributed by atoms with Crippen LogP contribution in [-0.4, -0.2) is 30.5 Å². The number of carboxylic acid groups (broad SMARTS) is 1. The van der Waals surface area contributed by atoms with Crippen molar-refractivity contribution < 1.29 is 14.7 Å². The number of aryl methyl sites for hydroxylation is 1. The molecule has 0 bridgehead atoms. The zero-order valence-electron chi connectivity index (χ0n) is 19.2. The fraction of sp³-hybridized carbons (Fsp3) is 0.267. The second kappa shape index (κ2) is 9.68. The minimum atomic E-state index is -0.886. The number of nitrogens with zero attached hydrogens (tertiary/aromatic N) is 1. The zero-order chi connectivity index (χ0) is 23.5.